The lowest BCUT2D eigenvalue weighted by molar-refractivity contribution is 0.0471. The highest BCUT2D eigenvalue weighted by molar-refractivity contribution is 6.30. The van der Waals surface area contributed by atoms with E-state index in [4.69, 9.17) is 16.3 Å². The Kier molecular flexibility index (Phi) is 6.81. The summed E-state index contributed by atoms with van der Waals surface area (Å²) >= 11 is 5.96. The van der Waals surface area contributed by atoms with E-state index in [1.165, 1.54) is 0 Å². The number of esters is 1. The van der Waals surface area contributed by atoms with E-state index >= 15 is 0 Å². The van der Waals surface area contributed by atoms with E-state index in [-0.39, 0.29) is 12.6 Å². The third kappa shape index (κ3) is 5.09. The molecule has 0 bridgehead atoms. The molecule has 0 aliphatic rings. The van der Waals surface area contributed by atoms with Gasteiger partial charge in [-0.15, -0.1) is 0 Å². The minimum atomic E-state index is -0.332. The van der Waals surface area contributed by atoms with Crippen molar-refractivity contribution in [2.45, 2.75) is 34.3 Å². The fourth-order valence-corrected chi connectivity index (χ4v) is 2.67. The topological polar surface area (TPSA) is 41.9 Å². The van der Waals surface area contributed by atoms with E-state index < -0.39 is 0 Å². The van der Waals surface area contributed by atoms with Gasteiger partial charge < -0.3 is 9.64 Å². The summed E-state index contributed by atoms with van der Waals surface area (Å²) in [7, 11) is 1.97. The monoisotopic (exact) mass is 372 g/mol. The van der Waals surface area contributed by atoms with Crippen molar-refractivity contribution < 1.29 is 9.53 Å². The maximum Gasteiger partial charge on any atom is 0.338 e. The van der Waals surface area contributed by atoms with Crippen molar-refractivity contribution >= 4 is 29.6 Å². The van der Waals surface area contributed by atoms with Crippen LogP contribution in [0.25, 0.3) is 0 Å². The molecule has 26 heavy (non-hydrogen) atoms. The highest BCUT2D eigenvalue weighted by atomic mass is 35.5. The molecule has 4 nitrogen and oxygen atoms in total. The molecule has 0 saturated heterocycles. The third-order valence-electron chi connectivity index (χ3n) is 4.32. The number of benzene rings is 2. The second-order valence-corrected chi connectivity index (χ2v) is 6.85. The predicted octanol–water partition coefficient (Wildman–Crippen LogP) is 5.23. The SMILES string of the molecule is CCN(C)C=Nc1cc(C)c(C(=O)OCc2ccc(Cl)cc2C)cc1C. The molecule has 0 heterocycles. The maximum absolute atomic E-state index is 12.5. The zero-order valence-corrected chi connectivity index (χ0v) is 16.7. The molecule has 0 aliphatic carbocycles. The van der Waals surface area contributed by atoms with Gasteiger partial charge >= 0.3 is 5.97 Å². The Morgan fingerprint density at radius 3 is 2.54 bits per heavy atom. The molecule has 0 fully saturated rings. The largest absolute Gasteiger partial charge is 0.457 e. The van der Waals surface area contributed by atoms with Crippen LogP contribution in [0.5, 0.6) is 0 Å². The average Bonchev–Trinajstić information content (AvgIpc) is 2.60. The van der Waals surface area contributed by atoms with Gasteiger partial charge in [-0.2, -0.15) is 0 Å². The molecule has 0 aliphatic heterocycles. The molecule has 0 amide bonds. The Bertz CT molecular complexity index is 831. The zero-order valence-electron chi connectivity index (χ0n) is 16.0. The summed E-state index contributed by atoms with van der Waals surface area (Å²) in [4.78, 5) is 19.0. The standard InChI is InChI=1S/C21H25ClN2O2/c1-6-24(5)13-23-20-11-15(3)19(10-16(20)4)21(25)26-12-17-7-8-18(22)9-14(17)2/h7-11,13H,6,12H2,1-5H3. The first kappa shape index (κ1) is 20.0. The van der Waals surface area contributed by atoms with Crippen LogP contribution in [0.4, 0.5) is 5.69 Å². The molecule has 138 valence electrons. The van der Waals surface area contributed by atoms with Gasteiger partial charge in [0.05, 0.1) is 17.6 Å². The quantitative estimate of drug-likeness (QED) is 0.396. The van der Waals surface area contributed by atoms with E-state index in [1.807, 2.05) is 57.0 Å². The molecule has 0 aromatic heterocycles. The summed E-state index contributed by atoms with van der Waals surface area (Å²) in [5, 5.41) is 0.675. The van der Waals surface area contributed by atoms with Crippen molar-refractivity contribution in [2.75, 3.05) is 13.6 Å². The van der Waals surface area contributed by atoms with Gasteiger partial charge in [0.1, 0.15) is 6.61 Å². The molecule has 2 rings (SSSR count). The molecular formula is C21H25ClN2O2. The number of hydrogen-bond acceptors (Lipinski definition) is 3. The number of carbonyl (C=O) groups is 1. The molecule has 0 spiro atoms. The summed E-state index contributed by atoms with van der Waals surface area (Å²) < 4.78 is 5.50. The highest BCUT2D eigenvalue weighted by Crippen LogP contribution is 2.24. The van der Waals surface area contributed by atoms with Crippen LogP contribution in [0.1, 0.15) is 39.5 Å². The molecular weight excluding hydrogens is 348 g/mol. The van der Waals surface area contributed by atoms with E-state index in [1.54, 1.807) is 12.4 Å². The van der Waals surface area contributed by atoms with Crippen LogP contribution in [0.2, 0.25) is 5.02 Å². The second kappa shape index (κ2) is 8.86. The first-order valence-electron chi connectivity index (χ1n) is 8.59. The lowest BCUT2D eigenvalue weighted by Gasteiger charge is -2.12. The molecule has 0 N–H and O–H groups in total. The van der Waals surface area contributed by atoms with Gasteiger partial charge in [0.2, 0.25) is 0 Å². The van der Waals surface area contributed by atoms with Crippen LogP contribution in [0.3, 0.4) is 0 Å². The fraction of sp³-hybridized carbons (Fsp3) is 0.333. The Morgan fingerprint density at radius 1 is 1.15 bits per heavy atom. The average molecular weight is 373 g/mol. The summed E-state index contributed by atoms with van der Waals surface area (Å²) in [5.74, 6) is -0.332. The van der Waals surface area contributed by atoms with E-state index in [2.05, 4.69) is 11.9 Å². The lowest BCUT2D eigenvalue weighted by atomic mass is 10.0. The molecule has 0 unspecified atom stereocenters. The van der Waals surface area contributed by atoms with E-state index in [0.29, 0.717) is 10.6 Å². The molecule has 0 atom stereocenters. The van der Waals surface area contributed by atoms with Gasteiger partial charge in [0.25, 0.3) is 0 Å². The van der Waals surface area contributed by atoms with Crippen LogP contribution in [-0.4, -0.2) is 30.8 Å². The van der Waals surface area contributed by atoms with Gasteiger partial charge in [-0.25, -0.2) is 9.79 Å². The van der Waals surface area contributed by atoms with Crippen molar-refractivity contribution in [3.8, 4) is 0 Å². The number of rotatable bonds is 6. The van der Waals surface area contributed by atoms with Crippen molar-refractivity contribution in [2.24, 2.45) is 4.99 Å². The van der Waals surface area contributed by atoms with Crippen molar-refractivity contribution in [1.29, 1.82) is 0 Å². The van der Waals surface area contributed by atoms with Crippen molar-refractivity contribution in [3.05, 3.63) is 63.2 Å². The van der Waals surface area contributed by atoms with Crippen molar-refractivity contribution in [3.63, 3.8) is 0 Å². The normalized spacial score (nSPS) is 11.0. The summed E-state index contributed by atoms with van der Waals surface area (Å²) in [6, 6.07) is 9.29. The van der Waals surface area contributed by atoms with Crippen LogP contribution in [0.15, 0.2) is 35.3 Å². The Morgan fingerprint density at radius 2 is 1.88 bits per heavy atom. The van der Waals surface area contributed by atoms with Crippen LogP contribution in [-0.2, 0) is 11.3 Å². The maximum atomic E-state index is 12.5. The molecule has 2 aromatic carbocycles. The van der Waals surface area contributed by atoms with Crippen molar-refractivity contribution in [1.82, 2.24) is 4.90 Å². The number of aryl methyl sites for hydroxylation is 3. The summed E-state index contributed by atoms with van der Waals surface area (Å²) in [6.45, 7) is 8.96. The molecule has 5 heteroatoms. The molecule has 0 radical (unpaired) electrons. The highest BCUT2D eigenvalue weighted by Gasteiger charge is 2.14. The van der Waals surface area contributed by atoms with Gasteiger partial charge in [-0.05, 0) is 74.2 Å². The van der Waals surface area contributed by atoms with E-state index in [0.717, 1.165) is 34.5 Å². The Balaban J connectivity index is 2.13. The number of carbonyl (C=O) groups excluding carboxylic acids is 1. The fourth-order valence-electron chi connectivity index (χ4n) is 2.44. The Labute approximate surface area is 160 Å². The minimum absolute atomic E-state index is 0.224. The van der Waals surface area contributed by atoms with Crippen LogP contribution >= 0.6 is 11.6 Å². The minimum Gasteiger partial charge on any atom is -0.457 e. The molecule has 0 saturated carbocycles. The molecule has 2 aromatic rings. The summed E-state index contributed by atoms with van der Waals surface area (Å²) in [6.07, 6.45) is 1.79. The zero-order chi connectivity index (χ0) is 19.3. The number of hydrogen-bond donors (Lipinski definition) is 0. The first-order chi connectivity index (χ1) is 12.3. The number of ether oxygens (including phenoxy) is 1. The first-order valence-corrected chi connectivity index (χ1v) is 8.97. The lowest BCUT2D eigenvalue weighted by Crippen LogP contribution is -2.14. The van der Waals surface area contributed by atoms with Gasteiger partial charge in [0, 0.05) is 18.6 Å². The number of halogens is 1. The predicted molar refractivity (Wildman–Crippen MR) is 108 cm³/mol. The van der Waals surface area contributed by atoms with E-state index in [9.17, 15) is 4.79 Å². The third-order valence-corrected chi connectivity index (χ3v) is 4.55. The Hall–Kier alpha value is -2.33. The van der Waals surface area contributed by atoms with Gasteiger partial charge in [-0.1, -0.05) is 17.7 Å². The number of aliphatic imine (C=N–C) groups is 1. The van der Waals surface area contributed by atoms with Gasteiger partial charge in [-0.3, -0.25) is 0 Å². The number of nitrogens with zero attached hydrogens (tertiary/aromatic N) is 2. The summed E-state index contributed by atoms with van der Waals surface area (Å²) in [5.41, 5.74) is 5.15. The van der Waals surface area contributed by atoms with Crippen LogP contribution in [0, 0.1) is 20.8 Å². The smallest absolute Gasteiger partial charge is 0.338 e. The van der Waals surface area contributed by atoms with Crippen LogP contribution < -0.4 is 0 Å². The second-order valence-electron chi connectivity index (χ2n) is 6.42. The van der Waals surface area contributed by atoms with Gasteiger partial charge in [0.15, 0.2) is 0 Å².